The molecule has 98 valence electrons. The highest BCUT2D eigenvalue weighted by Crippen LogP contribution is 2.23. The average Bonchev–Trinajstić information content (AvgIpc) is 2.58. The first-order chi connectivity index (χ1) is 7.96. The van der Waals surface area contributed by atoms with Crippen molar-refractivity contribution in [3.8, 4) is 0 Å². The standard InChI is InChI=1S/C11H19NO4S/c13-10-2-1-4-12(7-10)11(14)6-9-3-5-17(15,16)8-9/h9-10,13H,1-8H2. The maximum absolute atomic E-state index is 11.9. The molecule has 2 saturated heterocycles. The molecule has 0 aromatic rings. The molecular formula is C11H19NO4S. The lowest BCUT2D eigenvalue weighted by Gasteiger charge is -2.30. The molecule has 5 nitrogen and oxygen atoms in total. The molecule has 1 amide bonds. The quantitative estimate of drug-likeness (QED) is 0.746. The molecule has 0 saturated carbocycles. The van der Waals surface area contributed by atoms with E-state index in [2.05, 4.69) is 0 Å². The predicted octanol–water partition coefficient (Wildman–Crippen LogP) is -0.206. The van der Waals surface area contributed by atoms with Crippen molar-refractivity contribution >= 4 is 15.7 Å². The van der Waals surface area contributed by atoms with Gasteiger partial charge in [-0.15, -0.1) is 0 Å². The Labute approximate surface area is 102 Å². The Balaban J connectivity index is 1.85. The van der Waals surface area contributed by atoms with Gasteiger partial charge in [-0.2, -0.15) is 0 Å². The molecular weight excluding hydrogens is 242 g/mol. The fraction of sp³-hybridized carbons (Fsp3) is 0.909. The normalized spacial score (nSPS) is 32.6. The number of rotatable bonds is 2. The molecule has 2 atom stereocenters. The fourth-order valence-corrected chi connectivity index (χ4v) is 4.45. The Bertz CT molecular complexity index is 392. The minimum absolute atomic E-state index is 0.00847. The second-order valence-electron chi connectivity index (χ2n) is 5.11. The number of amides is 1. The molecule has 0 aromatic carbocycles. The van der Waals surface area contributed by atoms with Crippen LogP contribution >= 0.6 is 0 Å². The Morgan fingerprint density at radius 3 is 2.71 bits per heavy atom. The van der Waals surface area contributed by atoms with Crippen LogP contribution in [0.5, 0.6) is 0 Å². The van der Waals surface area contributed by atoms with Crippen molar-refractivity contribution in [1.29, 1.82) is 0 Å². The van der Waals surface area contributed by atoms with E-state index in [1.54, 1.807) is 4.90 Å². The first-order valence-corrected chi connectivity index (χ1v) is 7.95. The van der Waals surface area contributed by atoms with Crippen LogP contribution in [0.1, 0.15) is 25.7 Å². The zero-order valence-corrected chi connectivity index (χ0v) is 10.7. The topological polar surface area (TPSA) is 74.7 Å². The second-order valence-corrected chi connectivity index (χ2v) is 7.34. The molecule has 17 heavy (non-hydrogen) atoms. The number of hydrogen-bond acceptors (Lipinski definition) is 4. The first-order valence-electron chi connectivity index (χ1n) is 6.12. The molecule has 2 fully saturated rings. The van der Waals surface area contributed by atoms with E-state index in [-0.39, 0.29) is 23.3 Å². The first kappa shape index (κ1) is 12.8. The number of nitrogens with zero attached hydrogens (tertiary/aromatic N) is 1. The molecule has 0 spiro atoms. The number of carbonyl (C=O) groups is 1. The largest absolute Gasteiger partial charge is 0.391 e. The highest BCUT2D eigenvalue weighted by atomic mass is 32.2. The van der Waals surface area contributed by atoms with E-state index in [0.29, 0.717) is 25.9 Å². The molecule has 6 heteroatoms. The van der Waals surface area contributed by atoms with Gasteiger partial charge in [-0.1, -0.05) is 0 Å². The molecule has 0 aliphatic carbocycles. The van der Waals surface area contributed by atoms with Gasteiger partial charge in [0.15, 0.2) is 9.84 Å². The summed E-state index contributed by atoms with van der Waals surface area (Å²) in [4.78, 5) is 13.6. The second kappa shape index (κ2) is 4.94. The smallest absolute Gasteiger partial charge is 0.222 e. The maximum Gasteiger partial charge on any atom is 0.222 e. The Hall–Kier alpha value is -0.620. The van der Waals surface area contributed by atoms with Crippen molar-refractivity contribution in [3.05, 3.63) is 0 Å². The number of hydrogen-bond donors (Lipinski definition) is 1. The number of carbonyl (C=O) groups excluding carboxylic acids is 1. The summed E-state index contributed by atoms with van der Waals surface area (Å²) >= 11 is 0. The van der Waals surface area contributed by atoms with E-state index < -0.39 is 15.9 Å². The lowest BCUT2D eigenvalue weighted by molar-refractivity contribution is -0.135. The van der Waals surface area contributed by atoms with E-state index in [1.807, 2.05) is 0 Å². The number of aliphatic hydroxyl groups is 1. The van der Waals surface area contributed by atoms with Gasteiger partial charge in [0.1, 0.15) is 0 Å². The predicted molar refractivity (Wildman–Crippen MR) is 63.2 cm³/mol. The zero-order chi connectivity index (χ0) is 12.5. The molecule has 2 unspecified atom stereocenters. The van der Waals surface area contributed by atoms with Crippen molar-refractivity contribution in [2.24, 2.45) is 5.92 Å². The van der Waals surface area contributed by atoms with Crippen molar-refractivity contribution < 1.29 is 18.3 Å². The molecule has 0 bridgehead atoms. The van der Waals surface area contributed by atoms with Crippen LogP contribution in [0.4, 0.5) is 0 Å². The van der Waals surface area contributed by atoms with Crippen molar-refractivity contribution in [2.75, 3.05) is 24.6 Å². The molecule has 1 N–H and O–H groups in total. The minimum atomic E-state index is -2.90. The van der Waals surface area contributed by atoms with Crippen molar-refractivity contribution in [2.45, 2.75) is 31.8 Å². The maximum atomic E-state index is 11.9. The van der Waals surface area contributed by atoms with Gasteiger partial charge in [0.05, 0.1) is 17.6 Å². The third-order valence-corrected chi connectivity index (χ3v) is 5.38. The van der Waals surface area contributed by atoms with Gasteiger partial charge >= 0.3 is 0 Å². The van der Waals surface area contributed by atoms with Crippen LogP contribution in [-0.4, -0.2) is 55.0 Å². The highest BCUT2D eigenvalue weighted by molar-refractivity contribution is 7.91. The highest BCUT2D eigenvalue weighted by Gasteiger charge is 2.31. The Morgan fingerprint density at radius 2 is 2.12 bits per heavy atom. The van der Waals surface area contributed by atoms with Gasteiger partial charge in [0.2, 0.25) is 5.91 Å². The summed E-state index contributed by atoms with van der Waals surface area (Å²) in [6, 6.07) is 0. The van der Waals surface area contributed by atoms with E-state index in [0.717, 1.165) is 12.8 Å². The average molecular weight is 261 g/mol. The number of aliphatic hydroxyl groups excluding tert-OH is 1. The third-order valence-electron chi connectivity index (χ3n) is 3.54. The van der Waals surface area contributed by atoms with Crippen LogP contribution in [0, 0.1) is 5.92 Å². The summed E-state index contributed by atoms with van der Waals surface area (Å²) in [5.41, 5.74) is 0. The fourth-order valence-electron chi connectivity index (χ4n) is 2.59. The van der Waals surface area contributed by atoms with Gasteiger partial charge < -0.3 is 10.0 Å². The number of likely N-dealkylation sites (tertiary alicyclic amines) is 1. The van der Waals surface area contributed by atoms with Crippen LogP contribution in [0.3, 0.4) is 0 Å². The molecule has 2 aliphatic heterocycles. The van der Waals surface area contributed by atoms with Crippen LogP contribution in [0.15, 0.2) is 0 Å². The van der Waals surface area contributed by atoms with Crippen LogP contribution in [0.25, 0.3) is 0 Å². The van der Waals surface area contributed by atoms with E-state index in [4.69, 9.17) is 0 Å². The Kier molecular flexibility index (Phi) is 3.73. The summed E-state index contributed by atoms with van der Waals surface area (Å²) in [7, 11) is -2.90. The van der Waals surface area contributed by atoms with Gasteiger partial charge in [-0.05, 0) is 25.2 Å². The van der Waals surface area contributed by atoms with Crippen molar-refractivity contribution in [3.63, 3.8) is 0 Å². The summed E-state index contributed by atoms with van der Waals surface area (Å²) in [5, 5.41) is 9.48. The van der Waals surface area contributed by atoms with Gasteiger partial charge in [-0.3, -0.25) is 4.79 Å². The van der Waals surface area contributed by atoms with Gasteiger partial charge in [-0.25, -0.2) is 8.42 Å². The molecule has 2 heterocycles. The zero-order valence-electron chi connectivity index (χ0n) is 9.84. The molecule has 0 radical (unpaired) electrons. The monoisotopic (exact) mass is 261 g/mol. The third kappa shape index (κ3) is 3.42. The molecule has 2 rings (SSSR count). The van der Waals surface area contributed by atoms with E-state index >= 15 is 0 Å². The lowest BCUT2D eigenvalue weighted by Crippen LogP contribution is -2.42. The van der Waals surface area contributed by atoms with E-state index in [9.17, 15) is 18.3 Å². The number of β-amino-alcohol motifs (C(OH)–C–C–N with tert-alkyl or cyclic N) is 1. The molecule has 0 aromatic heterocycles. The SMILES string of the molecule is O=C(CC1CCS(=O)(=O)C1)N1CCCC(O)C1. The number of piperidine rings is 1. The summed E-state index contributed by atoms with van der Waals surface area (Å²) in [6.07, 6.45) is 2.08. The van der Waals surface area contributed by atoms with Crippen molar-refractivity contribution in [1.82, 2.24) is 4.90 Å². The Morgan fingerprint density at radius 1 is 1.35 bits per heavy atom. The lowest BCUT2D eigenvalue weighted by atomic mass is 10.0. The summed E-state index contributed by atoms with van der Waals surface area (Å²) < 4.78 is 22.6. The van der Waals surface area contributed by atoms with Gasteiger partial charge in [0, 0.05) is 19.5 Å². The molecule has 2 aliphatic rings. The van der Waals surface area contributed by atoms with Gasteiger partial charge in [0.25, 0.3) is 0 Å². The van der Waals surface area contributed by atoms with Crippen LogP contribution in [0.2, 0.25) is 0 Å². The summed E-state index contributed by atoms with van der Waals surface area (Å²) in [6.45, 7) is 1.09. The summed E-state index contributed by atoms with van der Waals surface area (Å²) in [5.74, 6) is 0.334. The van der Waals surface area contributed by atoms with Crippen LogP contribution in [-0.2, 0) is 14.6 Å². The van der Waals surface area contributed by atoms with Crippen LogP contribution < -0.4 is 0 Å². The van der Waals surface area contributed by atoms with E-state index in [1.165, 1.54) is 0 Å². The minimum Gasteiger partial charge on any atom is -0.391 e. The number of sulfone groups is 1.